The van der Waals surface area contributed by atoms with Gasteiger partial charge in [0.05, 0.1) is 12.2 Å². The SMILES string of the molecule is CCCNCCCC(C)OC1CC(C)CC(C)(C)C1. The maximum atomic E-state index is 6.28. The fourth-order valence-electron chi connectivity index (χ4n) is 3.57. The summed E-state index contributed by atoms with van der Waals surface area (Å²) in [5, 5.41) is 3.46. The lowest BCUT2D eigenvalue weighted by Gasteiger charge is -2.39. The summed E-state index contributed by atoms with van der Waals surface area (Å²) in [5.74, 6) is 0.812. The Morgan fingerprint density at radius 1 is 1.26 bits per heavy atom. The van der Waals surface area contributed by atoms with Crippen LogP contribution >= 0.6 is 0 Å². The van der Waals surface area contributed by atoms with E-state index in [2.05, 4.69) is 39.9 Å². The summed E-state index contributed by atoms with van der Waals surface area (Å²) < 4.78 is 6.28. The third-order valence-electron chi connectivity index (χ3n) is 4.16. The first-order chi connectivity index (χ1) is 8.93. The van der Waals surface area contributed by atoms with Crippen molar-refractivity contribution in [2.75, 3.05) is 13.1 Å². The van der Waals surface area contributed by atoms with Crippen LogP contribution in [0.2, 0.25) is 0 Å². The molecule has 1 saturated carbocycles. The minimum absolute atomic E-state index is 0.412. The topological polar surface area (TPSA) is 21.3 Å². The maximum Gasteiger partial charge on any atom is 0.0586 e. The lowest BCUT2D eigenvalue weighted by atomic mass is 9.71. The molecule has 0 aliphatic heterocycles. The zero-order chi connectivity index (χ0) is 14.3. The molecular weight excluding hydrogens is 234 g/mol. The Morgan fingerprint density at radius 2 is 2.00 bits per heavy atom. The second-order valence-corrected chi connectivity index (χ2v) is 7.37. The van der Waals surface area contributed by atoms with Crippen molar-refractivity contribution in [3.05, 3.63) is 0 Å². The minimum atomic E-state index is 0.412. The molecule has 114 valence electrons. The molecule has 0 heterocycles. The van der Waals surface area contributed by atoms with Crippen LogP contribution in [0.4, 0.5) is 0 Å². The third-order valence-corrected chi connectivity index (χ3v) is 4.16. The highest BCUT2D eigenvalue weighted by molar-refractivity contribution is 4.83. The molecule has 0 aromatic rings. The predicted molar refractivity (Wildman–Crippen MR) is 83.5 cm³/mol. The van der Waals surface area contributed by atoms with Gasteiger partial charge in [-0.3, -0.25) is 0 Å². The molecule has 1 N–H and O–H groups in total. The van der Waals surface area contributed by atoms with Gasteiger partial charge in [0.2, 0.25) is 0 Å². The first kappa shape index (κ1) is 17.0. The molecule has 1 fully saturated rings. The van der Waals surface area contributed by atoms with E-state index >= 15 is 0 Å². The molecule has 0 spiro atoms. The standard InChI is InChI=1S/C17H35NO/c1-6-9-18-10-7-8-15(3)19-16-11-14(2)12-17(4,5)13-16/h14-16,18H,6-13H2,1-5H3. The van der Waals surface area contributed by atoms with E-state index in [1.807, 2.05) is 0 Å². The van der Waals surface area contributed by atoms with Gasteiger partial charge >= 0.3 is 0 Å². The van der Waals surface area contributed by atoms with Crippen LogP contribution in [-0.2, 0) is 4.74 Å². The van der Waals surface area contributed by atoms with E-state index in [1.54, 1.807) is 0 Å². The number of nitrogens with one attached hydrogen (secondary N) is 1. The summed E-state index contributed by atoms with van der Waals surface area (Å²) in [6, 6.07) is 0. The van der Waals surface area contributed by atoms with E-state index in [0.29, 0.717) is 17.6 Å². The van der Waals surface area contributed by atoms with Crippen LogP contribution in [0.25, 0.3) is 0 Å². The van der Waals surface area contributed by atoms with E-state index in [9.17, 15) is 0 Å². The van der Waals surface area contributed by atoms with E-state index in [4.69, 9.17) is 4.74 Å². The van der Waals surface area contributed by atoms with E-state index in [0.717, 1.165) is 19.0 Å². The average Bonchev–Trinajstić information content (AvgIpc) is 2.25. The molecule has 0 saturated heterocycles. The molecule has 0 aromatic carbocycles. The molecule has 3 unspecified atom stereocenters. The van der Waals surface area contributed by atoms with Crippen LogP contribution in [-0.4, -0.2) is 25.3 Å². The highest BCUT2D eigenvalue weighted by atomic mass is 16.5. The molecule has 1 aliphatic rings. The van der Waals surface area contributed by atoms with Crippen molar-refractivity contribution in [3.8, 4) is 0 Å². The third kappa shape index (κ3) is 7.31. The van der Waals surface area contributed by atoms with Crippen LogP contribution in [0, 0.1) is 11.3 Å². The summed E-state index contributed by atoms with van der Waals surface area (Å²) in [4.78, 5) is 0. The van der Waals surface area contributed by atoms with Crippen molar-refractivity contribution in [3.63, 3.8) is 0 Å². The Labute approximate surface area is 120 Å². The van der Waals surface area contributed by atoms with Gasteiger partial charge in [-0.1, -0.05) is 27.7 Å². The zero-order valence-electron chi connectivity index (χ0n) is 13.8. The monoisotopic (exact) mass is 269 g/mol. The molecule has 0 radical (unpaired) electrons. The van der Waals surface area contributed by atoms with Gasteiger partial charge in [0.25, 0.3) is 0 Å². The average molecular weight is 269 g/mol. The lowest BCUT2D eigenvalue weighted by molar-refractivity contribution is -0.0613. The summed E-state index contributed by atoms with van der Waals surface area (Å²) in [5.41, 5.74) is 0.463. The van der Waals surface area contributed by atoms with Gasteiger partial charge in [-0.25, -0.2) is 0 Å². The van der Waals surface area contributed by atoms with Crippen molar-refractivity contribution in [1.82, 2.24) is 5.32 Å². The smallest absolute Gasteiger partial charge is 0.0586 e. The fraction of sp³-hybridized carbons (Fsp3) is 1.00. The van der Waals surface area contributed by atoms with Gasteiger partial charge in [-0.05, 0) is 69.9 Å². The molecule has 0 aromatic heterocycles. The Kier molecular flexibility index (Phi) is 7.38. The van der Waals surface area contributed by atoms with E-state index < -0.39 is 0 Å². The van der Waals surface area contributed by atoms with Crippen LogP contribution in [0.5, 0.6) is 0 Å². The second kappa shape index (κ2) is 8.26. The molecule has 0 bridgehead atoms. The van der Waals surface area contributed by atoms with Gasteiger partial charge in [0.1, 0.15) is 0 Å². The number of ether oxygens (including phenoxy) is 1. The summed E-state index contributed by atoms with van der Waals surface area (Å²) in [6.45, 7) is 13.9. The first-order valence-corrected chi connectivity index (χ1v) is 8.29. The Balaban J connectivity index is 2.18. The van der Waals surface area contributed by atoms with Gasteiger partial charge in [0, 0.05) is 0 Å². The lowest BCUT2D eigenvalue weighted by Crippen LogP contribution is -2.34. The predicted octanol–water partition coefficient (Wildman–Crippen LogP) is 4.39. The van der Waals surface area contributed by atoms with Gasteiger partial charge in [-0.15, -0.1) is 0 Å². The van der Waals surface area contributed by atoms with Crippen LogP contribution < -0.4 is 5.32 Å². The Morgan fingerprint density at radius 3 is 2.63 bits per heavy atom. The maximum absolute atomic E-state index is 6.28. The fourth-order valence-corrected chi connectivity index (χ4v) is 3.57. The molecule has 1 aliphatic carbocycles. The van der Waals surface area contributed by atoms with Crippen LogP contribution in [0.15, 0.2) is 0 Å². The largest absolute Gasteiger partial charge is 0.375 e. The van der Waals surface area contributed by atoms with E-state index in [-0.39, 0.29) is 0 Å². The van der Waals surface area contributed by atoms with Crippen LogP contribution in [0.1, 0.15) is 73.1 Å². The Bertz CT molecular complexity index is 239. The Hall–Kier alpha value is -0.0800. The normalized spacial score (nSPS) is 28.3. The first-order valence-electron chi connectivity index (χ1n) is 8.29. The molecule has 3 atom stereocenters. The highest BCUT2D eigenvalue weighted by Crippen LogP contribution is 2.40. The van der Waals surface area contributed by atoms with Gasteiger partial charge in [-0.2, -0.15) is 0 Å². The second-order valence-electron chi connectivity index (χ2n) is 7.37. The number of hydrogen-bond acceptors (Lipinski definition) is 2. The summed E-state index contributed by atoms with van der Waals surface area (Å²) >= 11 is 0. The molecule has 19 heavy (non-hydrogen) atoms. The molecule has 1 rings (SSSR count). The molecule has 2 heteroatoms. The quantitative estimate of drug-likeness (QED) is 0.660. The highest BCUT2D eigenvalue weighted by Gasteiger charge is 2.33. The summed E-state index contributed by atoms with van der Waals surface area (Å²) in [6.07, 6.45) is 8.36. The number of rotatable bonds is 8. The van der Waals surface area contributed by atoms with Gasteiger partial charge < -0.3 is 10.1 Å². The van der Waals surface area contributed by atoms with Crippen molar-refractivity contribution < 1.29 is 4.74 Å². The molecular formula is C17H35NO. The minimum Gasteiger partial charge on any atom is -0.375 e. The molecule has 0 amide bonds. The van der Waals surface area contributed by atoms with Crippen molar-refractivity contribution in [2.45, 2.75) is 85.4 Å². The van der Waals surface area contributed by atoms with Crippen LogP contribution in [0.3, 0.4) is 0 Å². The zero-order valence-corrected chi connectivity index (χ0v) is 13.8. The van der Waals surface area contributed by atoms with Crippen molar-refractivity contribution in [2.24, 2.45) is 11.3 Å². The number of hydrogen-bond donors (Lipinski definition) is 1. The van der Waals surface area contributed by atoms with Crippen molar-refractivity contribution >= 4 is 0 Å². The summed E-state index contributed by atoms with van der Waals surface area (Å²) in [7, 11) is 0. The van der Waals surface area contributed by atoms with Gasteiger partial charge in [0.15, 0.2) is 0 Å². The molecule has 2 nitrogen and oxygen atoms in total. The van der Waals surface area contributed by atoms with E-state index in [1.165, 1.54) is 38.5 Å². The van der Waals surface area contributed by atoms with Crippen molar-refractivity contribution in [1.29, 1.82) is 0 Å².